The maximum atomic E-state index is 11.7. The molecule has 4 heteroatoms. The first-order chi connectivity index (χ1) is 8.11. The number of carbonyl (C=O) groups excluding carboxylic acids is 2. The minimum Gasteiger partial charge on any atom is -0.480 e. The highest BCUT2D eigenvalue weighted by Crippen LogP contribution is 2.22. The van der Waals surface area contributed by atoms with Gasteiger partial charge in [-0.3, -0.25) is 9.59 Å². The summed E-state index contributed by atoms with van der Waals surface area (Å²) >= 11 is 0. The minimum absolute atomic E-state index is 0.0255. The number of nitrogens with zero attached hydrogens (tertiary/aromatic N) is 1. The first-order valence-electron chi connectivity index (χ1n) is 5.59. The summed E-state index contributed by atoms with van der Waals surface area (Å²) in [5.41, 5.74) is 1.49. The fourth-order valence-corrected chi connectivity index (χ4v) is 1.92. The molecule has 0 spiro atoms. The van der Waals surface area contributed by atoms with E-state index >= 15 is 0 Å². The standard InChI is InChI=1S/C13H15NO3/c1-9-3-4-11(10(7-9)8-15)17-12-5-6-14(2)13(12)16/h3-4,7-8,12H,5-6H2,1-2H3. The summed E-state index contributed by atoms with van der Waals surface area (Å²) in [5, 5.41) is 0. The highest BCUT2D eigenvalue weighted by molar-refractivity contribution is 5.84. The van der Waals surface area contributed by atoms with E-state index in [0.29, 0.717) is 24.3 Å². The molecule has 0 bridgehead atoms. The number of likely N-dealkylation sites (N-methyl/N-ethyl adjacent to an activating group) is 1. The summed E-state index contributed by atoms with van der Waals surface area (Å²) in [5.74, 6) is 0.460. The van der Waals surface area contributed by atoms with E-state index < -0.39 is 6.10 Å². The van der Waals surface area contributed by atoms with Crippen LogP contribution in [-0.4, -0.2) is 36.8 Å². The van der Waals surface area contributed by atoms with Crippen LogP contribution in [0, 0.1) is 6.92 Å². The van der Waals surface area contributed by atoms with Crippen molar-refractivity contribution in [3.8, 4) is 5.75 Å². The molecule has 1 amide bonds. The highest BCUT2D eigenvalue weighted by Gasteiger charge is 2.31. The summed E-state index contributed by atoms with van der Waals surface area (Å²) in [6.07, 6.45) is 0.967. The van der Waals surface area contributed by atoms with Gasteiger partial charge in [-0.15, -0.1) is 0 Å². The van der Waals surface area contributed by atoms with Crippen molar-refractivity contribution in [2.45, 2.75) is 19.4 Å². The number of ether oxygens (including phenoxy) is 1. The maximum Gasteiger partial charge on any atom is 0.263 e. The molecule has 0 radical (unpaired) electrons. The highest BCUT2D eigenvalue weighted by atomic mass is 16.5. The third-order valence-electron chi connectivity index (χ3n) is 2.94. The molecule has 1 fully saturated rings. The van der Waals surface area contributed by atoms with Gasteiger partial charge >= 0.3 is 0 Å². The van der Waals surface area contributed by atoms with E-state index in [0.717, 1.165) is 11.8 Å². The van der Waals surface area contributed by atoms with E-state index in [1.54, 1.807) is 24.1 Å². The Morgan fingerprint density at radius 1 is 1.47 bits per heavy atom. The number of amides is 1. The minimum atomic E-state index is -0.457. The van der Waals surface area contributed by atoms with Gasteiger partial charge in [-0.2, -0.15) is 0 Å². The van der Waals surface area contributed by atoms with Crippen molar-refractivity contribution < 1.29 is 14.3 Å². The normalized spacial score (nSPS) is 19.5. The summed E-state index contributed by atoms with van der Waals surface area (Å²) in [4.78, 5) is 24.3. The van der Waals surface area contributed by atoms with E-state index in [2.05, 4.69) is 0 Å². The van der Waals surface area contributed by atoms with E-state index in [9.17, 15) is 9.59 Å². The van der Waals surface area contributed by atoms with Crippen molar-refractivity contribution in [1.82, 2.24) is 4.90 Å². The van der Waals surface area contributed by atoms with Gasteiger partial charge in [0, 0.05) is 20.0 Å². The maximum absolute atomic E-state index is 11.7. The SMILES string of the molecule is Cc1ccc(OC2CCN(C)C2=O)c(C=O)c1. The Labute approximate surface area is 100 Å². The molecule has 17 heavy (non-hydrogen) atoms. The second-order valence-electron chi connectivity index (χ2n) is 4.31. The smallest absolute Gasteiger partial charge is 0.263 e. The van der Waals surface area contributed by atoms with Gasteiger partial charge in [-0.05, 0) is 19.1 Å². The molecule has 0 N–H and O–H groups in total. The van der Waals surface area contributed by atoms with Gasteiger partial charge in [0.25, 0.3) is 5.91 Å². The van der Waals surface area contributed by atoms with Crippen molar-refractivity contribution in [2.24, 2.45) is 0 Å². The van der Waals surface area contributed by atoms with Crippen LogP contribution in [0.4, 0.5) is 0 Å². The first kappa shape index (κ1) is 11.6. The van der Waals surface area contributed by atoms with Gasteiger partial charge in [0.15, 0.2) is 12.4 Å². The van der Waals surface area contributed by atoms with Crippen LogP contribution in [0.15, 0.2) is 18.2 Å². The Morgan fingerprint density at radius 3 is 2.82 bits per heavy atom. The Hall–Kier alpha value is -1.84. The van der Waals surface area contributed by atoms with E-state index in [4.69, 9.17) is 4.74 Å². The monoisotopic (exact) mass is 233 g/mol. The quantitative estimate of drug-likeness (QED) is 0.742. The van der Waals surface area contributed by atoms with Gasteiger partial charge in [-0.1, -0.05) is 11.6 Å². The molecule has 1 saturated heterocycles. The number of hydrogen-bond donors (Lipinski definition) is 0. The zero-order valence-corrected chi connectivity index (χ0v) is 9.97. The number of likely N-dealkylation sites (tertiary alicyclic amines) is 1. The number of aldehydes is 1. The molecule has 1 aliphatic rings. The van der Waals surface area contributed by atoms with Crippen molar-refractivity contribution in [3.63, 3.8) is 0 Å². The number of aryl methyl sites for hydroxylation is 1. The number of rotatable bonds is 3. The molecule has 1 atom stereocenters. The third-order valence-corrected chi connectivity index (χ3v) is 2.94. The van der Waals surface area contributed by atoms with Crippen LogP contribution in [0.3, 0.4) is 0 Å². The van der Waals surface area contributed by atoms with Crippen molar-refractivity contribution in [3.05, 3.63) is 29.3 Å². The lowest BCUT2D eigenvalue weighted by Gasteiger charge is -2.14. The van der Waals surface area contributed by atoms with Gasteiger partial charge in [0.1, 0.15) is 5.75 Å². The first-order valence-corrected chi connectivity index (χ1v) is 5.59. The molecule has 1 aliphatic heterocycles. The van der Waals surface area contributed by atoms with Crippen LogP contribution in [-0.2, 0) is 4.79 Å². The predicted octanol–water partition coefficient (Wildman–Crippen LogP) is 1.42. The van der Waals surface area contributed by atoms with Crippen LogP contribution in [0.5, 0.6) is 5.75 Å². The van der Waals surface area contributed by atoms with Crippen LogP contribution >= 0.6 is 0 Å². The van der Waals surface area contributed by atoms with Gasteiger partial charge in [0.2, 0.25) is 0 Å². The molecule has 0 aliphatic carbocycles. The molecular formula is C13H15NO3. The van der Waals surface area contributed by atoms with Gasteiger partial charge < -0.3 is 9.64 Å². The lowest BCUT2D eigenvalue weighted by atomic mass is 10.1. The zero-order chi connectivity index (χ0) is 12.4. The van der Waals surface area contributed by atoms with E-state index in [1.807, 2.05) is 13.0 Å². The molecule has 2 rings (SSSR count). The lowest BCUT2D eigenvalue weighted by Crippen LogP contribution is -2.29. The fraction of sp³-hybridized carbons (Fsp3) is 0.385. The summed E-state index contributed by atoms with van der Waals surface area (Å²) < 4.78 is 5.61. The zero-order valence-electron chi connectivity index (χ0n) is 9.97. The predicted molar refractivity (Wildman–Crippen MR) is 63.2 cm³/mol. The van der Waals surface area contributed by atoms with E-state index in [1.165, 1.54) is 0 Å². The third kappa shape index (κ3) is 2.30. The Kier molecular flexibility index (Phi) is 3.13. The van der Waals surface area contributed by atoms with Crippen molar-refractivity contribution in [2.75, 3.05) is 13.6 Å². The molecule has 1 aromatic rings. The molecule has 0 saturated carbocycles. The topological polar surface area (TPSA) is 46.6 Å². The van der Waals surface area contributed by atoms with Gasteiger partial charge in [-0.25, -0.2) is 0 Å². The Morgan fingerprint density at radius 2 is 2.24 bits per heavy atom. The molecular weight excluding hydrogens is 218 g/mol. The number of hydrogen-bond acceptors (Lipinski definition) is 3. The largest absolute Gasteiger partial charge is 0.480 e. The number of benzene rings is 1. The molecule has 1 aromatic carbocycles. The second-order valence-corrected chi connectivity index (χ2v) is 4.31. The fourth-order valence-electron chi connectivity index (χ4n) is 1.92. The van der Waals surface area contributed by atoms with Crippen LogP contribution < -0.4 is 4.74 Å². The second kappa shape index (κ2) is 4.57. The molecule has 1 heterocycles. The summed E-state index contributed by atoms with van der Waals surface area (Å²) in [6.45, 7) is 2.61. The van der Waals surface area contributed by atoms with Gasteiger partial charge in [0.05, 0.1) is 5.56 Å². The van der Waals surface area contributed by atoms with E-state index in [-0.39, 0.29) is 5.91 Å². The Bertz CT molecular complexity index is 456. The Balaban J connectivity index is 2.19. The van der Waals surface area contributed by atoms with Crippen molar-refractivity contribution in [1.29, 1.82) is 0 Å². The number of carbonyl (C=O) groups is 2. The molecule has 0 aromatic heterocycles. The molecule has 4 nitrogen and oxygen atoms in total. The average Bonchev–Trinajstić information content (AvgIpc) is 2.63. The van der Waals surface area contributed by atoms with Crippen LogP contribution in [0.2, 0.25) is 0 Å². The summed E-state index contributed by atoms with van der Waals surface area (Å²) in [6, 6.07) is 5.36. The molecule has 90 valence electrons. The summed E-state index contributed by atoms with van der Waals surface area (Å²) in [7, 11) is 1.75. The average molecular weight is 233 g/mol. The van der Waals surface area contributed by atoms with Crippen LogP contribution in [0.25, 0.3) is 0 Å². The van der Waals surface area contributed by atoms with Crippen LogP contribution in [0.1, 0.15) is 22.3 Å². The lowest BCUT2D eigenvalue weighted by molar-refractivity contribution is -0.132. The van der Waals surface area contributed by atoms with Crippen molar-refractivity contribution >= 4 is 12.2 Å². The molecule has 1 unspecified atom stereocenters.